The fraction of sp³-hybridized carbons (Fsp3) is 0.364. The molecule has 0 spiro atoms. The molecule has 2 N–H and O–H groups in total. The Bertz CT molecular complexity index is 384. The predicted molar refractivity (Wildman–Crippen MR) is 71.1 cm³/mol. The van der Waals surface area contributed by atoms with Gasteiger partial charge in [0.15, 0.2) is 0 Å². The molecule has 1 rings (SSSR count). The molecule has 0 aliphatic rings. The monoisotopic (exact) mass is 304 g/mol. The molecule has 0 saturated heterocycles. The Labute approximate surface area is 109 Å². The normalized spacial score (nSPS) is 12.0. The Kier molecular flexibility index (Phi) is 5.09. The number of amides is 2. The van der Waals surface area contributed by atoms with Gasteiger partial charge in [-0.3, -0.25) is 0 Å². The van der Waals surface area contributed by atoms with Crippen LogP contribution in [0.4, 0.5) is 10.5 Å². The summed E-state index contributed by atoms with van der Waals surface area (Å²) in [4.78, 5) is 11.5. The number of carbonyl (C=O) groups is 1. The first-order chi connectivity index (χ1) is 7.52. The molecule has 88 valence electrons. The van der Waals surface area contributed by atoms with Gasteiger partial charge < -0.3 is 10.6 Å². The maximum absolute atomic E-state index is 11.5. The Morgan fingerprint density at radius 2 is 2.25 bits per heavy atom. The van der Waals surface area contributed by atoms with Crippen molar-refractivity contribution in [1.82, 2.24) is 5.32 Å². The van der Waals surface area contributed by atoms with Gasteiger partial charge in [-0.1, -0.05) is 34.5 Å². The summed E-state index contributed by atoms with van der Waals surface area (Å²) in [6.45, 7) is 3.96. The molecule has 0 aliphatic carbocycles. The first-order valence-electron chi connectivity index (χ1n) is 5.05. The van der Waals surface area contributed by atoms with Crippen LogP contribution in [-0.2, 0) is 0 Å². The Balaban J connectivity index is 2.63. The number of nitrogens with one attached hydrogen (secondary N) is 2. The molecule has 0 unspecified atom stereocenters. The minimum atomic E-state index is -0.237. The number of hydrogen-bond acceptors (Lipinski definition) is 1. The van der Waals surface area contributed by atoms with Gasteiger partial charge in [-0.15, -0.1) is 0 Å². The largest absolute Gasteiger partial charge is 0.335 e. The zero-order chi connectivity index (χ0) is 12.1. The van der Waals surface area contributed by atoms with Crippen molar-refractivity contribution >= 4 is 39.2 Å². The van der Waals surface area contributed by atoms with Gasteiger partial charge in [-0.05, 0) is 31.5 Å². The maximum Gasteiger partial charge on any atom is 0.319 e. The van der Waals surface area contributed by atoms with E-state index in [0.717, 1.165) is 10.9 Å². The van der Waals surface area contributed by atoms with Crippen LogP contribution in [0.2, 0.25) is 5.02 Å². The fourth-order valence-electron chi connectivity index (χ4n) is 1.08. The Morgan fingerprint density at radius 1 is 1.56 bits per heavy atom. The van der Waals surface area contributed by atoms with Gasteiger partial charge in [-0.25, -0.2) is 4.79 Å². The second kappa shape index (κ2) is 6.11. The second-order valence-corrected chi connectivity index (χ2v) is 4.85. The molecule has 1 aromatic rings. The lowest BCUT2D eigenvalue weighted by atomic mass is 10.3. The molecule has 5 heteroatoms. The smallest absolute Gasteiger partial charge is 0.319 e. The number of halogens is 2. The van der Waals surface area contributed by atoms with Crippen molar-refractivity contribution < 1.29 is 4.79 Å². The van der Waals surface area contributed by atoms with Crippen LogP contribution in [0.5, 0.6) is 0 Å². The summed E-state index contributed by atoms with van der Waals surface area (Å²) in [5.41, 5.74) is 0.602. The van der Waals surface area contributed by atoms with Crippen LogP contribution >= 0.6 is 27.5 Å². The van der Waals surface area contributed by atoms with E-state index >= 15 is 0 Å². The van der Waals surface area contributed by atoms with Crippen molar-refractivity contribution in [1.29, 1.82) is 0 Å². The summed E-state index contributed by atoms with van der Waals surface area (Å²) in [7, 11) is 0. The van der Waals surface area contributed by atoms with Crippen molar-refractivity contribution in [2.24, 2.45) is 0 Å². The lowest BCUT2D eigenvalue weighted by Crippen LogP contribution is -2.35. The second-order valence-electron chi connectivity index (χ2n) is 3.53. The molecule has 0 fully saturated rings. The van der Waals surface area contributed by atoms with Gasteiger partial charge >= 0.3 is 6.03 Å². The Morgan fingerprint density at radius 3 is 2.81 bits per heavy atom. The molecule has 3 nitrogen and oxygen atoms in total. The average molecular weight is 306 g/mol. The molecule has 1 atom stereocenters. The van der Waals surface area contributed by atoms with Crippen molar-refractivity contribution in [2.75, 3.05) is 5.32 Å². The summed E-state index contributed by atoms with van der Waals surface area (Å²) in [5.74, 6) is 0. The molecule has 0 saturated carbocycles. The van der Waals surface area contributed by atoms with E-state index in [-0.39, 0.29) is 12.1 Å². The molecular weight excluding hydrogens is 291 g/mol. The van der Waals surface area contributed by atoms with Gasteiger partial charge in [-0.2, -0.15) is 0 Å². The number of rotatable bonds is 3. The van der Waals surface area contributed by atoms with E-state index in [1.54, 1.807) is 12.1 Å². The zero-order valence-electron chi connectivity index (χ0n) is 9.18. The molecule has 0 heterocycles. The summed E-state index contributed by atoms with van der Waals surface area (Å²) < 4.78 is 0.880. The number of anilines is 1. The topological polar surface area (TPSA) is 41.1 Å². The van der Waals surface area contributed by atoms with Crippen LogP contribution in [-0.4, -0.2) is 12.1 Å². The third-order valence-electron chi connectivity index (χ3n) is 2.17. The predicted octanol–water partition coefficient (Wildman–Crippen LogP) is 4.02. The first-order valence-corrected chi connectivity index (χ1v) is 6.22. The van der Waals surface area contributed by atoms with Crippen LogP contribution in [0, 0.1) is 0 Å². The van der Waals surface area contributed by atoms with Crippen LogP contribution < -0.4 is 10.6 Å². The van der Waals surface area contributed by atoms with Crippen molar-refractivity contribution in [3.05, 3.63) is 27.7 Å². The van der Waals surface area contributed by atoms with E-state index in [0.29, 0.717) is 10.7 Å². The van der Waals surface area contributed by atoms with Gasteiger partial charge in [0, 0.05) is 10.5 Å². The van der Waals surface area contributed by atoms with E-state index in [4.69, 9.17) is 11.6 Å². The van der Waals surface area contributed by atoms with Crippen molar-refractivity contribution in [3.63, 3.8) is 0 Å². The fourth-order valence-corrected chi connectivity index (χ4v) is 1.80. The highest BCUT2D eigenvalue weighted by molar-refractivity contribution is 9.10. The third-order valence-corrected chi connectivity index (χ3v) is 2.98. The van der Waals surface area contributed by atoms with Crippen LogP contribution in [0.1, 0.15) is 20.3 Å². The number of carbonyl (C=O) groups excluding carboxylic acids is 1. The van der Waals surface area contributed by atoms with E-state index in [1.807, 2.05) is 19.9 Å². The molecule has 2 amide bonds. The van der Waals surface area contributed by atoms with Crippen LogP contribution in [0.3, 0.4) is 0 Å². The van der Waals surface area contributed by atoms with Gasteiger partial charge in [0.1, 0.15) is 0 Å². The minimum absolute atomic E-state index is 0.147. The highest BCUT2D eigenvalue weighted by atomic mass is 79.9. The number of hydrogen-bond donors (Lipinski definition) is 2. The minimum Gasteiger partial charge on any atom is -0.335 e. The standard InChI is InChI=1S/C11H14BrClN2O/c1-3-7(2)14-11(16)15-10-5-4-8(12)6-9(10)13/h4-7H,3H2,1-2H3,(H2,14,15,16)/t7-/m1/s1. The van der Waals surface area contributed by atoms with Crippen LogP contribution in [0.15, 0.2) is 22.7 Å². The van der Waals surface area contributed by atoms with Gasteiger partial charge in [0.2, 0.25) is 0 Å². The highest BCUT2D eigenvalue weighted by Crippen LogP contribution is 2.25. The number of benzene rings is 1. The molecule has 0 bridgehead atoms. The van der Waals surface area contributed by atoms with Crippen LogP contribution in [0.25, 0.3) is 0 Å². The maximum atomic E-state index is 11.5. The first kappa shape index (κ1) is 13.3. The Hall–Kier alpha value is -0.740. The summed E-state index contributed by atoms with van der Waals surface area (Å²) in [6.07, 6.45) is 0.890. The summed E-state index contributed by atoms with van der Waals surface area (Å²) in [5, 5.41) is 6.01. The van der Waals surface area contributed by atoms with Gasteiger partial charge in [0.25, 0.3) is 0 Å². The molecule has 0 radical (unpaired) electrons. The molecule has 0 aromatic heterocycles. The quantitative estimate of drug-likeness (QED) is 0.870. The average Bonchev–Trinajstić information content (AvgIpc) is 2.22. The molecular formula is C11H14BrClN2O. The lowest BCUT2D eigenvalue weighted by Gasteiger charge is -2.13. The van der Waals surface area contributed by atoms with E-state index in [9.17, 15) is 4.79 Å². The van der Waals surface area contributed by atoms with Crippen molar-refractivity contribution in [2.45, 2.75) is 26.3 Å². The van der Waals surface area contributed by atoms with E-state index in [2.05, 4.69) is 26.6 Å². The van der Waals surface area contributed by atoms with Gasteiger partial charge in [0.05, 0.1) is 10.7 Å². The SMILES string of the molecule is CC[C@@H](C)NC(=O)Nc1ccc(Br)cc1Cl. The third kappa shape index (κ3) is 4.02. The van der Waals surface area contributed by atoms with Crippen molar-refractivity contribution in [3.8, 4) is 0 Å². The van der Waals surface area contributed by atoms with E-state index in [1.165, 1.54) is 0 Å². The molecule has 1 aromatic carbocycles. The summed E-state index contributed by atoms with van der Waals surface area (Å²) in [6, 6.07) is 5.22. The lowest BCUT2D eigenvalue weighted by molar-refractivity contribution is 0.249. The van der Waals surface area contributed by atoms with E-state index < -0.39 is 0 Å². The molecule has 0 aliphatic heterocycles. The number of urea groups is 1. The highest BCUT2D eigenvalue weighted by Gasteiger charge is 2.07. The zero-order valence-corrected chi connectivity index (χ0v) is 11.5. The molecule has 16 heavy (non-hydrogen) atoms. The summed E-state index contributed by atoms with van der Waals surface area (Å²) >= 11 is 9.27.